The first-order chi connectivity index (χ1) is 15.4. The van der Waals surface area contributed by atoms with Crippen molar-refractivity contribution in [3.8, 4) is 5.75 Å². The monoisotopic (exact) mass is 446 g/mol. The van der Waals surface area contributed by atoms with Gasteiger partial charge in [-0.3, -0.25) is 4.90 Å². The summed E-state index contributed by atoms with van der Waals surface area (Å²) in [7, 11) is 3.34. The Hall–Kier alpha value is -2.77. The van der Waals surface area contributed by atoms with Crippen molar-refractivity contribution >= 4 is 0 Å². The van der Waals surface area contributed by atoms with Gasteiger partial charge in [-0.05, 0) is 53.9 Å². The van der Waals surface area contributed by atoms with Gasteiger partial charge < -0.3 is 14.0 Å². The minimum absolute atomic E-state index is 0.386. The molecule has 4 nitrogen and oxygen atoms in total. The molecule has 2 aromatic carbocycles. The summed E-state index contributed by atoms with van der Waals surface area (Å²) in [4.78, 5) is 2.31. The normalized spacial score (nSPS) is 11.8. The fourth-order valence-electron chi connectivity index (χ4n) is 3.69. The zero-order valence-electron chi connectivity index (χ0n) is 18.4. The molecule has 0 fully saturated rings. The van der Waals surface area contributed by atoms with Crippen LogP contribution in [-0.2, 0) is 30.5 Å². The molecule has 3 rings (SSSR count). The lowest BCUT2D eigenvalue weighted by Crippen LogP contribution is -2.26. The van der Waals surface area contributed by atoms with Crippen molar-refractivity contribution in [3.05, 3.63) is 89.2 Å². The summed E-state index contributed by atoms with van der Waals surface area (Å²) < 4.78 is 51.8. The van der Waals surface area contributed by atoms with Gasteiger partial charge in [0, 0.05) is 51.8 Å². The molecule has 0 spiro atoms. The molecule has 0 radical (unpaired) electrons. The standard InChI is InChI=1S/C25H29F3N2O2/c1-31-14-6-12-29(17-21-8-4-11-24(16-21)32-2)19-23-10-5-13-30(23)18-20-7-3-9-22(15-20)25(26,27)28/h3-5,7-11,13,15-16H,6,12,14,17-19H2,1-2H3. The van der Waals surface area contributed by atoms with Crippen LogP contribution in [0.5, 0.6) is 5.75 Å². The molecule has 1 aromatic heterocycles. The molecular weight excluding hydrogens is 417 g/mol. The van der Waals surface area contributed by atoms with Crippen molar-refractivity contribution in [2.45, 2.75) is 32.2 Å². The largest absolute Gasteiger partial charge is 0.497 e. The average Bonchev–Trinajstić information content (AvgIpc) is 3.20. The highest BCUT2D eigenvalue weighted by Crippen LogP contribution is 2.29. The predicted molar refractivity (Wildman–Crippen MR) is 119 cm³/mol. The molecule has 1 heterocycles. The van der Waals surface area contributed by atoms with E-state index in [4.69, 9.17) is 9.47 Å². The van der Waals surface area contributed by atoms with Crippen molar-refractivity contribution in [2.75, 3.05) is 27.4 Å². The first-order valence-electron chi connectivity index (χ1n) is 10.5. The SMILES string of the molecule is COCCCN(Cc1cccc(OC)c1)Cc1cccn1Cc1cccc(C(F)(F)F)c1. The van der Waals surface area contributed by atoms with E-state index in [0.29, 0.717) is 25.3 Å². The number of hydrogen-bond donors (Lipinski definition) is 0. The topological polar surface area (TPSA) is 26.6 Å². The van der Waals surface area contributed by atoms with E-state index < -0.39 is 11.7 Å². The smallest absolute Gasteiger partial charge is 0.416 e. The molecule has 32 heavy (non-hydrogen) atoms. The quantitative estimate of drug-likeness (QED) is 0.359. The molecule has 3 aromatic rings. The highest BCUT2D eigenvalue weighted by molar-refractivity contribution is 5.29. The first kappa shape index (κ1) is 23.9. The third-order valence-electron chi connectivity index (χ3n) is 5.28. The molecule has 0 bridgehead atoms. The van der Waals surface area contributed by atoms with Crippen molar-refractivity contribution in [3.63, 3.8) is 0 Å². The summed E-state index contributed by atoms with van der Waals surface area (Å²) >= 11 is 0. The Morgan fingerprint density at radius 1 is 0.906 bits per heavy atom. The molecular formula is C25H29F3N2O2. The molecule has 0 N–H and O–H groups in total. The number of ether oxygens (including phenoxy) is 2. The van der Waals surface area contributed by atoms with Gasteiger partial charge in [-0.2, -0.15) is 13.2 Å². The van der Waals surface area contributed by atoms with Crippen molar-refractivity contribution in [2.24, 2.45) is 0 Å². The van der Waals surface area contributed by atoms with Crippen LogP contribution >= 0.6 is 0 Å². The van der Waals surface area contributed by atoms with Gasteiger partial charge in [0.25, 0.3) is 0 Å². The van der Waals surface area contributed by atoms with Gasteiger partial charge in [0.05, 0.1) is 12.7 Å². The second-order valence-corrected chi connectivity index (χ2v) is 7.73. The molecule has 0 atom stereocenters. The Balaban J connectivity index is 1.75. The molecule has 7 heteroatoms. The maximum absolute atomic E-state index is 13.1. The molecule has 0 saturated carbocycles. The lowest BCUT2D eigenvalue weighted by molar-refractivity contribution is -0.137. The lowest BCUT2D eigenvalue weighted by atomic mass is 10.1. The number of aromatic nitrogens is 1. The Labute approximate surface area is 187 Å². The average molecular weight is 447 g/mol. The van der Waals surface area contributed by atoms with Crippen LogP contribution in [0, 0.1) is 0 Å². The van der Waals surface area contributed by atoms with Gasteiger partial charge in [-0.1, -0.05) is 24.3 Å². The predicted octanol–water partition coefficient (Wildman–Crippen LogP) is 5.60. The van der Waals surface area contributed by atoms with E-state index in [2.05, 4.69) is 11.0 Å². The second kappa shape index (κ2) is 11.2. The van der Waals surface area contributed by atoms with Gasteiger partial charge in [0.2, 0.25) is 0 Å². The van der Waals surface area contributed by atoms with Crippen LogP contribution in [0.2, 0.25) is 0 Å². The lowest BCUT2D eigenvalue weighted by Gasteiger charge is -2.24. The molecule has 0 amide bonds. The number of alkyl halides is 3. The Morgan fingerprint density at radius 2 is 1.69 bits per heavy atom. The maximum atomic E-state index is 13.1. The van der Waals surface area contributed by atoms with E-state index in [1.54, 1.807) is 20.3 Å². The minimum atomic E-state index is -4.34. The fraction of sp³-hybridized carbons (Fsp3) is 0.360. The first-order valence-corrected chi connectivity index (χ1v) is 10.5. The van der Waals surface area contributed by atoms with E-state index in [0.717, 1.165) is 42.6 Å². The van der Waals surface area contributed by atoms with E-state index in [1.165, 1.54) is 12.1 Å². The van der Waals surface area contributed by atoms with E-state index in [9.17, 15) is 13.2 Å². The van der Waals surface area contributed by atoms with Crippen molar-refractivity contribution in [1.29, 1.82) is 0 Å². The summed E-state index contributed by atoms with van der Waals surface area (Å²) in [5.41, 5.74) is 2.18. The van der Waals surface area contributed by atoms with Gasteiger partial charge >= 0.3 is 6.18 Å². The Morgan fingerprint density at radius 3 is 2.44 bits per heavy atom. The summed E-state index contributed by atoms with van der Waals surface area (Å²) in [6.07, 6.45) is -1.55. The van der Waals surface area contributed by atoms with Gasteiger partial charge in [-0.25, -0.2) is 0 Å². The van der Waals surface area contributed by atoms with E-state index in [-0.39, 0.29) is 0 Å². The van der Waals surface area contributed by atoms with Crippen LogP contribution < -0.4 is 4.74 Å². The highest BCUT2D eigenvalue weighted by Gasteiger charge is 2.30. The number of nitrogens with zero attached hydrogens (tertiary/aromatic N) is 2. The summed E-state index contributed by atoms with van der Waals surface area (Å²) in [6, 6.07) is 17.4. The molecule has 0 aliphatic heterocycles. The molecule has 0 unspecified atom stereocenters. The zero-order chi connectivity index (χ0) is 23.0. The third kappa shape index (κ3) is 6.87. The number of benzene rings is 2. The van der Waals surface area contributed by atoms with Gasteiger partial charge in [0.15, 0.2) is 0 Å². The molecule has 0 aliphatic carbocycles. The molecule has 0 aliphatic rings. The third-order valence-corrected chi connectivity index (χ3v) is 5.28. The Bertz CT molecular complexity index is 985. The summed E-state index contributed by atoms with van der Waals surface area (Å²) in [5, 5.41) is 0. The van der Waals surface area contributed by atoms with Crippen molar-refractivity contribution in [1.82, 2.24) is 9.47 Å². The second-order valence-electron chi connectivity index (χ2n) is 7.73. The molecule has 172 valence electrons. The van der Waals surface area contributed by atoms with Crippen LogP contribution in [0.15, 0.2) is 66.9 Å². The summed E-state index contributed by atoms with van der Waals surface area (Å²) in [6.45, 7) is 3.29. The number of hydrogen-bond acceptors (Lipinski definition) is 3. The van der Waals surface area contributed by atoms with Crippen LogP contribution in [0.4, 0.5) is 13.2 Å². The molecule has 0 saturated heterocycles. The number of halogens is 3. The Kier molecular flexibility index (Phi) is 8.36. The van der Waals surface area contributed by atoms with Gasteiger partial charge in [-0.15, -0.1) is 0 Å². The fourth-order valence-corrected chi connectivity index (χ4v) is 3.69. The van der Waals surface area contributed by atoms with Crippen LogP contribution in [0.25, 0.3) is 0 Å². The van der Waals surface area contributed by atoms with Crippen LogP contribution in [-0.4, -0.2) is 36.8 Å². The number of rotatable bonds is 11. The van der Waals surface area contributed by atoms with E-state index in [1.807, 2.05) is 41.1 Å². The number of methoxy groups -OCH3 is 2. The minimum Gasteiger partial charge on any atom is -0.497 e. The van der Waals surface area contributed by atoms with Crippen molar-refractivity contribution < 1.29 is 22.6 Å². The maximum Gasteiger partial charge on any atom is 0.416 e. The van der Waals surface area contributed by atoms with E-state index >= 15 is 0 Å². The van der Waals surface area contributed by atoms with Crippen LogP contribution in [0.3, 0.4) is 0 Å². The summed E-state index contributed by atoms with van der Waals surface area (Å²) in [5.74, 6) is 0.812. The van der Waals surface area contributed by atoms with Gasteiger partial charge in [0.1, 0.15) is 5.75 Å². The van der Waals surface area contributed by atoms with Crippen LogP contribution in [0.1, 0.15) is 28.8 Å². The zero-order valence-corrected chi connectivity index (χ0v) is 18.4. The highest BCUT2D eigenvalue weighted by atomic mass is 19.4.